The molecule has 1 fully saturated rings. The summed E-state index contributed by atoms with van der Waals surface area (Å²) in [4.78, 5) is 18.3. The molecule has 1 aliphatic heterocycles. The summed E-state index contributed by atoms with van der Waals surface area (Å²) in [6.45, 7) is 8.63. The number of aromatic nitrogens is 6. The second-order valence-corrected chi connectivity index (χ2v) is 10.6. The van der Waals surface area contributed by atoms with E-state index >= 15 is 0 Å². The van der Waals surface area contributed by atoms with Crippen LogP contribution in [-0.4, -0.2) is 43.2 Å². The number of pyridine rings is 2. The maximum Gasteiger partial charge on any atom is 0.159 e. The van der Waals surface area contributed by atoms with E-state index < -0.39 is 0 Å². The molecule has 0 atom stereocenters. The van der Waals surface area contributed by atoms with E-state index in [1.165, 1.54) is 18.4 Å². The van der Waals surface area contributed by atoms with Crippen molar-refractivity contribution in [3.8, 4) is 22.0 Å². The third-order valence-corrected chi connectivity index (χ3v) is 7.94. The molecule has 37 heavy (non-hydrogen) atoms. The van der Waals surface area contributed by atoms with Gasteiger partial charge in [0.1, 0.15) is 11.2 Å². The third-order valence-electron chi connectivity index (χ3n) is 7.04. The Labute approximate surface area is 219 Å². The molecule has 1 saturated heterocycles. The molecule has 0 aliphatic carbocycles. The number of aromatic amines is 2. The highest BCUT2D eigenvalue weighted by atomic mass is 32.1. The lowest BCUT2D eigenvalue weighted by molar-refractivity contribution is 0.372. The number of piperidine rings is 1. The fourth-order valence-corrected chi connectivity index (χ4v) is 5.65. The second-order valence-electron chi connectivity index (χ2n) is 9.61. The van der Waals surface area contributed by atoms with Crippen LogP contribution in [0.1, 0.15) is 30.9 Å². The van der Waals surface area contributed by atoms with E-state index in [1.807, 2.05) is 30.7 Å². The number of allylic oxidation sites excluding steroid dienone is 2. The lowest BCUT2D eigenvalue weighted by atomic mass is 9.91. The van der Waals surface area contributed by atoms with Gasteiger partial charge < -0.3 is 10.3 Å². The van der Waals surface area contributed by atoms with Crippen LogP contribution < -0.4 is 15.9 Å². The van der Waals surface area contributed by atoms with Gasteiger partial charge >= 0.3 is 0 Å². The van der Waals surface area contributed by atoms with Crippen molar-refractivity contribution >= 4 is 40.6 Å². The molecule has 0 bridgehead atoms. The van der Waals surface area contributed by atoms with Gasteiger partial charge in [-0.15, -0.1) is 11.3 Å². The predicted octanol–water partition coefficient (Wildman–Crippen LogP) is 4.31. The molecular weight excluding hydrogens is 478 g/mol. The van der Waals surface area contributed by atoms with Crippen LogP contribution in [0.5, 0.6) is 0 Å². The van der Waals surface area contributed by atoms with Crippen LogP contribution in [0.15, 0.2) is 54.4 Å². The summed E-state index contributed by atoms with van der Waals surface area (Å²) in [5.41, 5.74) is 7.06. The fraction of sp³-hybridized carbons (Fsp3) is 0.241. The number of nitrogens with one attached hydrogen (secondary N) is 3. The number of fused-ring (bicyclic) bond motifs is 1. The highest BCUT2D eigenvalue weighted by Crippen LogP contribution is 2.30. The van der Waals surface area contributed by atoms with Crippen molar-refractivity contribution in [2.45, 2.75) is 26.2 Å². The van der Waals surface area contributed by atoms with E-state index in [0.29, 0.717) is 11.5 Å². The Kier molecular flexibility index (Phi) is 6.51. The molecule has 5 aromatic heterocycles. The summed E-state index contributed by atoms with van der Waals surface area (Å²) in [6.07, 6.45) is 15.3. The molecular formula is C29H29N7S. The highest BCUT2D eigenvalue weighted by molar-refractivity contribution is 7.13. The van der Waals surface area contributed by atoms with Crippen LogP contribution in [0, 0.1) is 5.92 Å². The van der Waals surface area contributed by atoms with E-state index in [4.69, 9.17) is 4.98 Å². The first-order valence-corrected chi connectivity index (χ1v) is 13.5. The molecule has 0 spiro atoms. The zero-order valence-corrected chi connectivity index (χ0v) is 21.6. The molecule has 0 radical (unpaired) electrons. The summed E-state index contributed by atoms with van der Waals surface area (Å²) in [5.74, 6) is 1.42. The SMILES string of the molecule is C=c1c(-c2nc3c(-c4cccs4)cncc3[nH]2)n[nH]/c1=C/C=C(\C)c1cncc(CC2CCNCC2)c1. The van der Waals surface area contributed by atoms with Crippen LogP contribution in [-0.2, 0) is 6.42 Å². The van der Waals surface area contributed by atoms with Gasteiger partial charge in [-0.25, -0.2) is 4.98 Å². The minimum atomic E-state index is 0.678. The number of rotatable bonds is 6. The summed E-state index contributed by atoms with van der Waals surface area (Å²) in [7, 11) is 0. The molecule has 1 aliphatic rings. The first kappa shape index (κ1) is 23.5. The third kappa shape index (κ3) is 4.90. The Hall–Kier alpha value is -3.88. The highest BCUT2D eigenvalue weighted by Gasteiger charge is 2.15. The smallest absolute Gasteiger partial charge is 0.159 e. The summed E-state index contributed by atoms with van der Waals surface area (Å²) in [5, 5.41) is 14.8. The van der Waals surface area contributed by atoms with E-state index in [2.05, 4.69) is 67.6 Å². The van der Waals surface area contributed by atoms with Crippen molar-refractivity contribution in [3.05, 3.63) is 76.1 Å². The van der Waals surface area contributed by atoms with Gasteiger partial charge in [0.05, 0.1) is 17.1 Å². The number of nitrogens with zero attached hydrogens (tertiary/aromatic N) is 4. The van der Waals surface area contributed by atoms with Gasteiger partial charge in [0.15, 0.2) is 5.82 Å². The average Bonchev–Trinajstić information content (AvgIpc) is 3.68. The minimum Gasteiger partial charge on any atom is -0.335 e. The van der Waals surface area contributed by atoms with Gasteiger partial charge in [-0.2, -0.15) is 5.10 Å². The number of thiophene rings is 1. The number of hydrogen-bond donors (Lipinski definition) is 3. The van der Waals surface area contributed by atoms with Crippen LogP contribution in [0.2, 0.25) is 0 Å². The molecule has 8 heteroatoms. The Morgan fingerprint density at radius 3 is 2.86 bits per heavy atom. The second kappa shape index (κ2) is 10.2. The molecule has 6 heterocycles. The van der Waals surface area contributed by atoms with Gasteiger partial charge in [0.2, 0.25) is 0 Å². The van der Waals surface area contributed by atoms with Crippen LogP contribution in [0.4, 0.5) is 0 Å². The van der Waals surface area contributed by atoms with Gasteiger partial charge in [-0.3, -0.25) is 15.1 Å². The molecule has 0 amide bonds. The van der Waals surface area contributed by atoms with Crippen molar-refractivity contribution in [3.63, 3.8) is 0 Å². The molecule has 0 aromatic carbocycles. The van der Waals surface area contributed by atoms with E-state index in [9.17, 15) is 0 Å². The quantitative estimate of drug-likeness (QED) is 0.318. The average molecular weight is 508 g/mol. The number of imidazole rings is 1. The summed E-state index contributed by atoms with van der Waals surface area (Å²) < 4.78 is 0. The lowest BCUT2D eigenvalue weighted by Crippen LogP contribution is -2.28. The van der Waals surface area contributed by atoms with Crippen molar-refractivity contribution < 1.29 is 0 Å². The zero-order chi connectivity index (χ0) is 25.2. The van der Waals surface area contributed by atoms with Crippen molar-refractivity contribution in [1.82, 2.24) is 35.5 Å². The largest absolute Gasteiger partial charge is 0.335 e. The van der Waals surface area contributed by atoms with Crippen LogP contribution in [0.3, 0.4) is 0 Å². The van der Waals surface area contributed by atoms with Gasteiger partial charge in [-0.05, 0) is 85.5 Å². The molecule has 6 rings (SSSR count). The number of hydrogen-bond acceptors (Lipinski definition) is 6. The Bertz CT molecular complexity index is 1670. The monoisotopic (exact) mass is 507 g/mol. The van der Waals surface area contributed by atoms with Crippen LogP contribution >= 0.6 is 11.3 Å². The Balaban J connectivity index is 1.27. The topological polar surface area (TPSA) is 95.2 Å². The normalized spacial score (nSPS) is 15.6. The number of H-pyrrole nitrogens is 2. The zero-order valence-electron chi connectivity index (χ0n) is 20.8. The summed E-state index contributed by atoms with van der Waals surface area (Å²) >= 11 is 1.67. The maximum absolute atomic E-state index is 4.86. The molecule has 0 unspecified atom stereocenters. The van der Waals surface area contributed by atoms with Gasteiger partial charge in [-0.1, -0.05) is 18.7 Å². The fourth-order valence-electron chi connectivity index (χ4n) is 4.91. The van der Waals surface area contributed by atoms with E-state index in [1.54, 1.807) is 17.5 Å². The maximum atomic E-state index is 4.86. The molecule has 3 N–H and O–H groups in total. The Morgan fingerprint density at radius 1 is 1.16 bits per heavy atom. The van der Waals surface area contributed by atoms with E-state index in [-0.39, 0.29) is 0 Å². The predicted molar refractivity (Wildman–Crippen MR) is 151 cm³/mol. The van der Waals surface area contributed by atoms with Crippen molar-refractivity contribution in [2.75, 3.05) is 13.1 Å². The minimum absolute atomic E-state index is 0.678. The lowest BCUT2D eigenvalue weighted by Gasteiger charge is -2.22. The van der Waals surface area contributed by atoms with Crippen LogP contribution in [0.25, 0.3) is 51.2 Å². The van der Waals surface area contributed by atoms with Gasteiger partial charge in [0, 0.05) is 34.2 Å². The summed E-state index contributed by atoms with van der Waals surface area (Å²) in [6, 6.07) is 6.38. The molecule has 7 nitrogen and oxygen atoms in total. The van der Waals surface area contributed by atoms with Crippen molar-refractivity contribution in [1.29, 1.82) is 0 Å². The molecule has 0 saturated carbocycles. The first-order valence-electron chi connectivity index (χ1n) is 12.6. The van der Waals surface area contributed by atoms with Crippen molar-refractivity contribution in [2.24, 2.45) is 5.92 Å². The van der Waals surface area contributed by atoms with Gasteiger partial charge in [0.25, 0.3) is 0 Å². The first-order chi connectivity index (χ1) is 18.2. The van der Waals surface area contributed by atoms with E-state index in [0.717, 1.165) is 68.6 Å². The standard InChI is InChI=1S/C29H29N7S/c1-18(22-13-21(14-31-15-22)12-20-7-9-30-10-8-20)5-6-24-19(2)27(36-35-24)29-33-25-17-32-16-23(28(25)34-29)26-4-3-11-37-26/h3-6,11,13-17,20,30,35H,2,7-10,12H2,1H3,(H,33,34)/b18-5+,24-6+. The molecule has 186 valence electrons. The molecule has 5 aromatic rings. The Morgan fingerprint density at radius 2 is 2.03 bits per heavy atom.